The molecule has 17 heavy (non-hydrogen) atoms. The molecule has 0 aromatic heterocycles. The molecule has 1 rings (SSSR count). The first-order valence-electron chi connectivity index (χ1n) is 7.35. The van der Waals surface area contributed by atoms with Gasteiger partial charge in [-0.25, -0.2) is 0 Å². The molecule has 2 N–H and O–H groups in total. The average Bonchev–Trinajstić information content (AvgIpc) is 2.19. The van der Waals surface area contributed by atoms with Gasteiger partial charge in [0.05, 0.1) is 5.60 Å². The van der Waals surface area contributed by atoms with E-state index in [-0.39, 0.29) is 0 Å². The fourth-order valence-electron chi connectivity index (χ4n) is 2.75. The summed E-state index contributed by atoms with van der Waals surface area (Å²) in [7, 11) is 0. The van der Waals surface area contributed by atoms with Gasteiger partial charge in [-0.2, -0.15) is 0 Å². The van der Waals surface area contributed by atoms with Gasteiger partial charge in [0.25, 0.3) is 0 Å². The first-order chi connectivity index (χ1) is 7.87. The Morgan fingerprint density at radius 1 is 1.24 bits per heavy atom. The summed E-state index contributed by atoms with van der Waals surface area (Å²) in [5.41, 5.74) is -0.500. The van der Waals surface area contributed by atoms with Gasteiger partial charge in [0.15, 0.2) is 0 Å². The van der Waals surface area contributed by atoms with Crippen molar-refractivity contribution in [2.24, 2.45) is 5.92 Å². The van der Waals surface area contributed by atoms with Crippen molar-refractivity contribution in [2.45, 2.75) is 90.3 Å². The van der Waals surface area contributed by atoms with Crippen molar-refractivity contribution in [3.8, 4) is 0 Å². The van der Waals surface area contributed by atoms with Crippen LogP contribution in [0.4, 0.5) is 0 Å². The van der Waals surface area contributed by atoms with Crippen molar-refractivity contribution in [1.29, 1.82) is 0 Å². The predicted molar refractivity (Wildman–Crippen MR) is 74.2 cm³/mol. The minimum absolute atomic E-state index is 0.500. The van der Waals surface area contributed by atoms with Crippen LogP contribution < -0.4 is 5.32 Å². The van der Waals surface area contributed by atoms with Gasteiger partial charge in [0.2, 0.25) is 0 Å². The number of nitrogens with one attached hydrogen (secondary N) is 1. The van der Waals surface area contributed by atoms with Crippen molar-refractivity contribution >= 4 is 0 Å². The van der Waals surface area contributed by atoms with Gasteiger partial charge >= 0.3 is 0 Å². The standard InChI is InChI=1S/C15H31NO/c1-12-7-9-14(10-8-12)16-13(2)6-5-11-15(3,4)17/h12-14,16-17H,5-11H2,1-4H3/t12?,13-,14?/m0/s1. The zero-order valence-corrected chi connectivity index (χ0v) is 12.1. The van der Waals surface area contributed by atoms with Crippen LogP contribution in [0.3, 0.4) is 0 Å². The largest absolute Gasteiger partial charge is 0.390 e. The van der Waals surface area contributed by atoms with Crippen molar-refractivity contribution in [2.75, 3.05) is 0 Å². The van der Waals surface area contributed by atoms with Gasteiger partial charge in [0, 0.05) is 12.1 Å². The van der Waals surface area contributed by atoms with E-state index in [4.69, 9.17) is 0 Å². The van der Waals surface area contributed by atoms with Crippen LogP contribution in [0.1, 0.15) is 72.6 Å². The summed E-state index contributed by atoms with van der Waals surface area (Å²) < 4.78 is 0. The van der Waals surface area contributed by atoms with E-state index < -0.39 is 5.60 Å². The number of rotatable bonds is 6. The van der Waals surface area contributed by atoms with Crippen LogP contribution in [0.5, 0.6) is 0 Å². The van der Waals surface area contributed by atoms with Crippen molar-refractivity contribution in [3.05, 3.63) is 0 Å². The second-order valence-corrected chi connectivity index (χ2v) is 6.73. The van der Waals surface area contributed by atoms with Gasteiger partial charge in [0.1, 0.15) is 0 Å². The SMILES string of the molecule is CC1CCC(N[C@@H](C)CCCC(C)(C)O)CC1. The third-order valence-corrected chi connectivity index (χ3v) is 3.96. The molecule has 0 saturated heterocycles. The van der Waals surface area contributed by atoms with Crippen LogP contribution in [-0.4, -0.2) is 22.8 Å². The summed E-state index contributed by atoms with van der Waals surface area (Å²) in [5.74, 6) is 0.929. The Balaban J connectivity index is 2.10. The first-order valence-corrected chi connectivity index (χ1v) is 7.35. The highest BCUT2D eigenvalue weighted by Crippen LogP contribution is 2.24. The predicted octanol–water partition coefficient (Wildman–Crippen LogP) is 3.48. The van der Waals surface area contributed by atoms with Crippen LogP contribution in [0.25, 0.3) is 0 Å². The molecule has 1 atom stereocenters. The van der Waals surface area contributed by atoms with Gasteiger partial charge in [-0.1, -0.05) is 6.92 Å². The number of hydrogen-bond acceptors (Lipinski definition) is 2. The molecule has 2 nitrogen and oxygen atoms in total. The summed E-state index contributed by atoms with van der Waals surface area (Å²) in [6.07, 6.45) is 8.65. The molecule has 0 heterocycles. The van der Waals surface area contributed by atoms with Gasteiger partial charge < -0.3 is 10.4 Å². The smallest absolute Gasteiger partial charge is 0.0591 e. The Bertz CT molecular complexity index is 201. The lowest BCUT2D eigenvalue weighted by atomic mass is 9.87. The molecule has 0 aliphatic heterocycles. The molecule has 0 radical (unpaired) electrons. The first kappa shape index (κ1) is 15.0. The summed E-state index contributed by atoms with van der Waals surface area (Å²) in [6.45, 7) is 8.44. The normalized spacial score (nSPS) is 28.1. The van der Waals surface area contributed by atoms with Gasteiger partial charge in [-0.15, -0.1) is 0 Å². The Hall–Kier alpha value is -0.0800. The van der Waals surface area contributed by atoms with Crippen LogP contribution in [-0.2, 0) is 0 Å². The minimum atomic E-state index is -0.500. The maximum atomic E-state index is 9.66. The van der Waals surface area contributed by atoms with Gasteiger partial charge in [-0.05, 0) is 71.6 Å². The summed E-state index contributed by atoms with van der Waals surface area (Å²) in [5, 5.41) is 13.4. The van der Waals surface area contributed by atoms with Gasteiger partial charge in [-0.3, -0.25) is 0 Å². The van der Waals surface area contributed by atoms with Crippen LogP contribution in [0, 0.1) is 5.92 Å². The Labute approximate surface area is 107 Å². The number of hydrogen-bond donors (Lipinski definition) is 2. The molecular formula is C15H31NO. The Kier molecular flexibility index (Phi) is 5.94. The fourth-order valence-corrected chi connectivity index (χ4v) is 2.75. The zero-order valence-electron chi connectivity index (χ0n) is 12.1. The van der Waals surface area contributed by atoms with Crippen molar-refractivity contribution in [1.82, 2.24) is 5.32 Å². The molecule has 0 bridgehead atoms. The maximum absolute atomic E-state index is 9.66. The quantitative estimate of drug-likeness (QED) is 0.746. The Morgan fingerprint density at radius 2 is 1.82 bits per heavy atom. The highest BCUT2D eigenvalue weighted by molar-refractivity contribution is 4.78. The average molecular weight is 241 g/mol. The second-order valence-electron chi connectivity index (χ2n) is 6.73. The summed E-state index contributed by atoms with van der Waals surface area (Å²) >= 11 is 0. The highest BCUT2D eigenvalue weighted by atomic mass is 16.3. The molecule has 0 spiro atoms. The topological polar surface area (TPSA) is 32.3 Å². The molecule has 2 heteroatoms. The highest BCUT2D eigenvalue weighted by Gasteiger charge is 2.19. The Morgan fingerprint density at radius 3 is 2.35 bits per heavy atom. The monoisotopic (exact) mass is 241 g/mol. The molecule has 1 fully saturated rings. The third kappa shape index (κ3) is 7.05. The molecular weight excluding hydrogens is 210 g/mol. The van der Waals surface area contributed by atoms with E-state index in [0.717, 1.165) is 24.8 Å². The van der Waals surface area contributed by atoms with Crippen LogP contribution in [0.15, 0.2) is 0 Å². The molecule has 1 aliphatic rings. The lowest BCUT2D eigenvalue weighted by Gasteiger charge is -2.30. The van der Waals surface area contributed by atoms with E-state index in [2.05, 4.69) is 19.2 Å². The fraction of sp³-hybridized carbons (Fsp3) is 1.00. The molecule has 0 amide bonds. The molecule has 102 valence electrons. The van der Waals surface area contributed by atoms with Crippen LogP contribution in [0.2, 0.25) is 0 Å². The summed E-state index contributed by atoms with van der Waals surface area (Å²) in [6, 6.07) is 1.33. The second kappa shape index (κ2) is 6.75. The van der Waals surface area contributed by atoms with E-state index in [1.807, 2.05) is 13.8 Å². The summed E-state index contributed by atoms with van der Waals surface area (Å²) in [4.78, 5) is 0. The lowest BCUT2D eigenvalue weighted by Crippen LogP contribution is -2.39. The molecule has 0 unspecified atom stereocenters. The van der Waals surface area contributed by atoms with E-state index >= 15 is 0 Å². The molecule has 1 saturated carbocycles. The maximum Gasteiger partial charge on any atom is 0.0591 e. The molecule has 1 aliphatic carbocycles. The lowest BCUT2D eigenvalue weighted by molar-refractivity contribution is 0.0673. The molecule has 0 aromatic rings. The third-order valence-electron chi connectivity index (χ3n) is 3.96. The number of aliphatic hydroxyl groups is 1. The minimum Gasteiger partial charge on any atom is -0.390 e. The van der Waals surface area contributed by atoms with Crippen molar-refractivity contribution < 1.29 is 5.11 Å². The van der Waals surface area contributed by atoms with Crippen molar-refractivity contribution in [3.63, 3.8) is 0 Å². The zero-order chi connectivity index (χ0) is 12.9. The van der Waals surface area contributed by atoms with Crippen LogP contribution >= 0.6 is 0 Å². The van der Waals surface area contributed by atoms with E-state index in [1.54, 1.807) is 0 Å². The van der Waals surface area contributed by atoms with E-state index in [1.165, 1.54) is 32.1 Å². The van der Waals surface area contributed by atoms with E-state index in [0.29, 0.717) is 6.04 Å². The molecule has 0 aromatic carbocycles. The van der Waals surface area contributed by atoms with E-state index in [9.17, 15) is 5.11 Å².